The number of carbonyl (C=O) groups excluding carboxylic acids is 3. The lowest BCUT2D eigenvalue weighted by Gasteiger charge is -2.13. The molecule has 0 aliphatic carbocycles. The Morgan fingerprint density at radius 2 is 1.67 bits per heavy atom. The topological polar surface area (TPSA) is 111 Å². The third kappa shape index (κ3) is 8.22. The van der Waals surface area contributed by atoms with E-state index in [9.17, 15) is 14.4 Å². The van der Waals surface area contributed by atoms with Gasteiger partial charge in [-0.05, 0) is 42.5 Å². The van der Waals surface area contributed by atoms with Gasteiger partial charge in [-0.15, -0.1) is 0 Å². The second-order valence-electron chi connectivity index (χ2n) is 6.67. The molecule has 3 N–H and O–H groups in total. The number of urea groups is 1. The third-order valence-corrected chi connectivity index (χ3v) is 4.36. The largest absolute Gasteiger partial charge is 0.484 e. The van der Waals surface area contributed by atoms with Gasteiger partial charge in [0.1, 0.15) is 12.4 Å². The van der Waals surface area contributed by atoms with Gasteiger partial charge in [-0.25, -0.2) is 9.59 Å². The summed E-state index contributed by atoms with van der Waals surface area (Å²) < 4.78 is 10.5. The second kappa shape index (κ2) is 12.1. The Morgan fingerprint density at radius 3 is 2.33 bits per heavy atom. The minimum absolute atomic E-state index is 0.255. The number of hydrogen-bond donors (Lipinski definition) is 2. The van der Waals surface area contributed by atoms with Crippen molar-refractivity contribution in [3.8, 4) is 5.75 Å². The van der Waals surface area contributed by atoms with Crippen LogP contribution in [-0.4, -0.2) is 43.1 Å². The molecule has 0 saturated carbocycles. The van der Waals surface area contributed by atoms with E-state index < -0.39 is 18.0 Å². The van der Waals surface area contributed by atoms with E-state index in [0.717, 1.165) is 35.3 Å². The number of unbranched alkanes of at least 4 members (excludes halogenated alkanes) is 1. The lowest BCUT2D eigenvalue weighted by atomic mass is 10.1. The monoisotopic (exact) mass is 413 g/mol. The molecule has 0 fully saturated rings. The Labute approximate surface area is 175 Å². The van der Waals surface area contributed by atoms with E-state index in [1.165, 1.54) is 7.05 Å². The van der Waals surface area contributed by atoms with Gasteiger partial charge >= 0.3 is 12.1 Å². The van der Waals surface area contributed by atoms with Gasteiger partial charge in [0.2, 0.25) is 0 Å². The Kier molecular flexibility index (Phi) is 9.18. The van der Waals surface area contributed by atoms with Crippen LogP contribution < -0.4 is 15.8 Å². The van der Waals surface area contributed by atoms with E-state index in [1.807, 2.05) is 42.5 Å². The molecule has 0 saturated heterocycles. The first kappa shape index (κ1) is 22.7. The van der Waals surface area contributed by atoms with Crippen molar-refractivity contribution in [2.75, 3.05) is 20.2 Å². The third-order valence-electron chi connectivity index (χ3n) is 4.36. The summed E-state index contributed by atoms with van der Waals surface area (Å²) in [6.07, 6.45) is 2.16. The Bertz CT molecular complexity index is 824. The fourth-order valence-electron chi connectivity index (χ4n) is 2.54. The molecule has 0 radical (unpaired) electrons. The number of benzene rings is 2. The van der Waals surface area contributed by atoms with Gasteiger partial charge in [0, 0.05) is 13.6 Å². The number of nitrogens with zero attached hydrogens (tertiary/aromatic N) is 1. The van der Waals surface area contributed by atoms with Crippen LogP contribution in [0, 0.1) is 0 Å². The number of primary amides is 1. The minimum Gasteiger partial charge on any atom is -0.484 e. The lowest BCUT2D eigenvalue weighted by molar-refractivity contribution is -0.129. The zero-order chi connectivity index (χ0) is 21.8. The number of likely N-dealkylation sites (N-methyl/N-ethyl adjacent to an activating group) is 1. The molecule has 0 aromatic heterocycles. The van der Waals surface area contributed by atoms with E-state index in [1.54, 1.807) is 12.1 Å². The average Bonchev–Trinajstić information content (AvgIpc) is 2.76. The molecule has 2 rings (SSSR count). The molecule has 8 nitrogen and oxygen atoms in total. The highest BCUT2D eigenvalue weighted by Gasteiger charge is 2.13. The maximum atomic E-state index is 11.7. The van der Waals surface area contributed by atoms with Crippen LogP contribution in [0.3, 0.4) is 0 Å². The van der Waals surface area contributed by atoms with Gasteiger partial charge in [-0.1, -0.05) is 42.5 Å². The normalized spacial score (nSPS) is 10.2. The number of aryl methyl sites for hydroxylation is 1. The van der Waals surface area contributed by atoms with Crippen molar-refractivity contribution in [3.05, 3.63) is 65.7 Å². The van der Waals surface area contributed by atoms with Gasteiger partial charge in [-0.3, -0.25) is 9.69 Å². The van der Waals surface area contributed by atoms with E-state index in [0.29, 0.717) is 12.3 Å². The van der Waals surface area contributed by atoms with E-state index >= 15 is 0 Å². The molecule has 0 bridgehead atoms. The van der Waals surface area contributed by atoms with Gasteiger partial charge in [0.05, 0.1) is 0 Å². The second-order valence-corrected chi connectivity index (χ2v) is 6.67. The fraction of sp³-hybridized carbons (Fsp3) is 0.318. The highest BCUT2D eigenvalue weighted by atomic mass is 16.5. The van der Waals surface area contributed by atoms with Crippen LogP contribution >= 0.6 is 0 Å². The number of carbonyl (C=O) groups is 3. The fourth-order valence-corrected chi connectivity index (χ4v) is 2.54. The van der Waals surface area contributed by atoms with Crippen LogP contribution in [0.4, 0.5) is 9.59 Å². The highest BCUT2D eigenvalue weighted by molar-refractivity contribution is 5.94. The number of hydrogen-bond acceptors (Lipinski definition) is 5. The lowest BCUT2D eigenvalue weighted by Crippen LogP contribution is -2.40. The van der Waals surface area contributed by atoms with E-state index in [-0.39, 0.29) is 13.2 Å². The molecule has 0 aliphatic heterocycles. The summed E-state index contributed by atoms with van der Waals surface area (Å²) in [7, 11) is 1.30. The molecule has 30 heavy (non-hydrogen) atoms. The first-order valence-corrected chi connectivity index (χ1v) is 9.68. The Morgan fingerprint density at radius 1 is 0.967 bits per heavy atom. The molecular formula is C22H27N3O5. The molecule has 0 atom stereocenters. The van der Waals surface area contributed by atoms with Crippen molar-refractivity contribution in [2.24, 2.45) is 5.73 Å². The summed E-state index contributed by atoms with van der Waals surface area (Å²) in [6.45, 7) is 0.542. The minimum atomic E-state index is -0.821. The molecule has 0 spiro atoms. The molecule has 2 aromatic carbocycles. The van der Waals surface area contributed by atoms with Gasteiger partial charge in [0.15, 0.2) is 6.61 Å². The van der Waals surface area contributed by atoms with Crippen LogP contribution in [0.15, 0.2) is 54.6 Å². The number of nitrogens with two attached hydrogens (primary N) is 1. The van der Waals surface area contributed by atoms with Crippen molar-refractivity contribution in [1.82, 2.24) is 10.2 Å². The summed E-state index contributed by atoms with van der Waals surface area (Å²) in [5, 5.41) is 2.74. The Hall–Kier alpha value is -3.55. The Balaban J connectivity index is 1.58. The first-order valence-electron chi connectivity index (χ1n) is 9.68. The zero-order valence-corrected chi connectivity index (χ0v) is 17.0. The average molecular weight is 413 g/mol. The summed E-state index contributed by atoms with van der Waals surface area (Å²) in [4.78, 5) is 35.0. The van der Waals surface area contributed by atoms with Crippen molar-refractivity contribution in [2.45, 2.75) is 25.9 Å². The van der Waals surface area contributed by atoms with Crippen LogP contribution in [0.2, 0.25) is 0 Å². The van der Waals surface area contributed by atoms with Crippen LogP contribution in [0.1, 0.15) is 24.0 Å². The van der Waals surface area contributed by atoms with E-state index in [2.05, 4.69) is 5.32 Å². The van der Waals surface area contributed by atoms with Crippen molar-refractivity contribution in [3.63, 3.8) is 0 Å². The van der Waals surface area contributed by atoms with Gasteiger partial charge < -0.3 is 20.5 Å². The van der Waals surface area contributed by atoms with Crippen molar-refractivity contribution in [1.29, 1.82) is 0 Å². The smallest absolute Gasteiger partial charge is 0.407 e. The quantitative estimate of drug-likeness (QED) is 0.582. The molecule has 4 amide bonds. The van der Waals surface area contributed by atoms with E-state index in [4.69, 9.17) is 15.2 Å². The molecule has 0 unspecified atom stereocenters. The van der Waals surface area contributed by atoms with Crippen LogP contribution in [-0.2, 0) is 22.6 Å². The van der Waals surface area contributed by atoms with Gasteiger partial charge in [-0.2, -0.15) is 0 Å². The number of ether oxygens (including phenoxy) is 2. The SMILES string of the molecule is CN(C(N)=O)C(=O)COc1ccc(CCCCNC(=O)OCc2ccccc2)cc1. The van der Waals surface area contributed by atoms with Crippen LogP contribution in [0.25, 0.3) is 0 Å². The number of rotatable bonds is 10. The maximum absolute atomic E-state index is 11.7. The summed E-state index contributed by atoms with van der Waals surface area (Å²) in [6, 6.07) is 16.1. The molecular weight excluding hydrogens is 386 g/mol. The van der Waals surface area contributed by atoms with Crippen LogP contribution in [0.5, 0.6) is 5.75 Å². The molecule has 2 aromatic rings. The zero-order valence-electron chi connectivity index (χ0n) is 17.0. The number of amides is 4. The molecule has 0 aliphatic rings. The van der Waals surface area contributed by atoms with Gasteiger partial charge in [0.25, 0.3) is 5.91 Å². The van der Waals surface area contributed by atoms with Crippen molar-refractivity contribution < 1.29 is 23.9 Å². The number of alkyl carbamates (subject to hydrolysis) is 1. The number of imide groups is 1. The summed E-state index contributed by atoms with van der Waals surface area (Å²) >= 11 is 0. The summed E-state index contributed by atoms with van der Waals surface area (Å²) in [5.74, 6) is 0.0224. The van der Waals surface area contributed by atoms with Crippen molar-refractivity contribution >= 4 is 18.0 Å². The maximum Gasteiger partial charge on any atom is 0.407 e. The predicted octanol–water partition coefficient (Wildman–Crippen LogP) is 2.85. The standard InChI is InChI=1S/C22H27N3O5/c1-25(21(23)27)20(26)16-29-19-12-10-17(11-13-19)7-5-6-14-24-22(28)30-15-18-8-3-2-4-9-18/h2-4,8-13H,5-7,14-16H2,1H3,(H2,23,27)(H,24,28). The molecule has 160 valence electrons. The molecule has 0 heterocycles. The summed E-state index contributed by atoms with van der Waals surface area (Å²) in [5.41, 5.74) is 7.10. The number of nitrogens with one attached hydrogen (secondary N) is 1. The highest BCUT2D eigenvalue weighted by Crippen LogP contribution is 2.14. The molecule has 8 heteroatoms. The predicted molar refractivity (Wildman–Crippen MR) is 112 cm³/mol. The first-order chi connectivity index (χ1) is 14.5.